The number of hydrogen-bond donors (Lipinski definition) is 1. The molecule has 0 bridgehead atoms. The van der Waals surface area contributed by atoms with Gasteiger partial charge in [0, 0.05) is 17.8 Å². The smallest absolute Gasteiger partial charge is 0.131 e. The van der Waals surface area contributed by atoms with Crippen LogP contribution in [0.25, 0.3) is 0 Å². The van der Waals surface area contributed by atoms with Gasteiger partial charge in [-0.1, -0.05) is 19.1 Å². The molecule has 2 unspecified atom stereocenters. The summed E-state index contributed by atoms with van der Waals surface area (Å²) in [6.07, 6.45) is 0.317. The normalized spacial score (nSPS) is 14.2. The zero-order chi connectivity index (χ0) is 13.1. The van der Waals surface area contributed by atoms with Crippen LogP contribution in [0.1, 0.15) is 30.2 Å². The summed E-state index contributed by atoms with van der Waals surface area (Å²) >= 11 is 0. The molecule has 2 aromatic rings. The molecule has 2 rings (SSSR count). The molecular weight excluding hydrogens is 236 g/mol. The summed E-state index contributed by atoms with van der Waals surface area (Å²) in [5.41, 5.74) is 0.281. The number of halogens is 2. The third-order valence-corrected chi connectivity index (χ3v) is 2.92. The van der Waals surface area contributed by atoms with Gasteiger partial charge in [0.05, 0.1) is 11.7 Å². The summed E-state index contributed by atoms with van der Waals surface area (Å²) in [6, 6.07) is 8.76. The van der Waals surface area contributed by atoms with Crippen molar-refractivity contribution in [3.05, 3.63) is 65.5 Å². The molecule has 0 aliphatic heterocycles. The number of benzene rings is 1. The number of aromatic nitrogens is 1. The van der Waals surface area contributed by atoms with Gasteiger partial charge in [-0.05, 0) is 24.3 Å². The van der Waals surface area contributed by atoms with Crippen molar-refractivity contribution in [2.45, 2.75) is 18.9 Å². The van der Waals surface area contributed by atoms with E-state index in [0.717, 1.165) is 12.1 Å². The van der Waals surface area contributed by atoms with Crippen LogP contribution in [0, 0.1) is 11.6 Å². The van der Waals surface area contributed by atoms with Crippen LogP contribution in [-0.4, -0.2) is 10.1 Å². The van der Waals surface area contributed by atoms with Crippen molar-refractivity contribution < 1.29 is 13.9 Å². The summed E-state index contributed by atoms with van der Waals surface area (Å²) in [5.74, 6) is -1.98. The van der Waals surface area contributed by atoms with E-state index < -0.39 is 23.7 Å². The molecule has 2 atom stereocenters. The Bertz CT molecular complexity index is 510. The summed E-state index contributed by atoms with van der Waals surface area (Å²) < 4.78 is 27.1. The van der Waals surface area contributed by atoms with Gasteiger partial charge in [-0.2, -0.15) is 0 Å². The highest BCUT2D eigenvalue weighted by molar-refractivity contribution is 5.25. The van der Waals surface area contributed by atoms with E-state index >= 15 is 0 Å². The van der Waals surface area contributed by atoms with Crippen molar-refractivity contribution in [1.82, 2.24) is 4.98 Å². The minimum Gasteiger partial charge on any atom is -0.388 e. The monoisotopic (exact) mass is 249 g/mol. The highest BCUT2D eigenvalue weighted by atomic mass is 19.1. The van der Waals surface area contributed by atoms with E-state index in [-0.39, 0.29) is 5.56 Å². The molecule has 0 radical (unpaired) electrons. The van der Waals surface area contributed by atoms with Crippen molar-refractivity contribution in [3.8, 4) is 0 Å². The Morgan fingerprint density at radius 3 is 2.28 bits per heavy atom. The number of rotatable bonds is 3. The summed E-state index contributed by atoms with van der Waals surface area (Å²) in [6.45, 7) is 1.68. The van der Waals surface area contributed by atoms with Gasteiger partial charge >= 0.3 is 0 Å². The van der Waals surface area contributed by atoms with Crippen LogP contribution in [0.2, 0.25) is 0 Å². The second kappa shape index (κ2) is 5.23. The van der Waals surface area contributed by atoms with Gasteiger partial charge in [0.15, 0.2) is 0 Å². The first-order chi connectivity index (χ1) is 8.61. The highest BCUT2D eigenvalue weighted by Gasteiger charge is 2.25. The zero-order valence-corrected chi connectivity index (χ0v) is 9.85. The van der Waals surface area contributed by atoms with Crippen LogP contribution in [0.4, 0.5) is 8.78 Å². The van der Waals surface area contributed by atoms with Gasteiger partial charge in [-0.3, -0.25) is 4.98 Å². The molecule has 0 fully saturated rings. The second-order valence-corrected chi connectivity index (χ2v) is 4.12. The van der Waals surface area contributed by atoms with Gasteiger partial charge in [0.25, 0.3) is 0 Å². The first-order valence-electron chi connectivity index (χ1n) is 5.64. The van der Waals surface area contributed by atoms with E-state index in [1.165, 1.54) is 6.07 Å². The molecule has 0 aliphatic rings. The van der Waals surface area contributed by atoms with E-state index in [4.69, 9.17) is 0 Å². The fraction of sp³-hybridized carbons (Fsp3) is 0.214. The molecule has 0 amide bonds. The van der Waals surface area contributed by atoms with E-state index in [1.54, 1.807) is 31.3 Å². The lowest BCUT2D eigenvalue weighted by atomic mass is 9.93. The first-order valence-corrected chi connectivity index (χ1v) is 5.64. The minimum absolute atomic E-state index is 0.310. The Morgan fingerprint density at radius 2 is 1.72 bits per heavy atom. The SMILES string of the molecule is CC(c1ccccn1)C(O)c1c(F)cccc1F. The van der Waals surface area contributed by atoms with E-state index in [0.29, 0.717) is 5.69 Å². The summed E-state index contributed by atoms with van der Waals surface area (Å²) in [7, 11) is 0. The second-order valence-electron chi connectivity index (χ2n) is 4.12. The van der Waals surface area contributed by atoms with Gasteiger partial charge in [-0.15, -0.1) is 0 Å². The molecule has 0 aliphatic carbocycles. The Balaban J connectivity index is 2.34. The van der Waals surface area contributed by atoms with Gasteiger partial charge in [0.2, 0.25) is 0 Å². The minimum atomic E-state index is -1.26. The quantitative estimate of drug-likeness (QED) is 0.906. The molecule has 1 N–H and O–H groups in total. The maximum Gasteiger partial charge on any atom is 0.131 e. The molecule has 94 valence electrons. The first kappa shape index (κ1) is 12.6. The fourth-order valence-corrected chi connectivity index (χ4v) is 1.85. The summed E-state index contributed by atoms with van der Waals surface area (Å²) in [5, 5.41) is 10.1. The predicted octanol–water partition coefficient (Wildman–Crippen LogP) is 3.20. The number of aliphatic hydroxyl groups is 1. The lowest BCUT2D eigenvalue weighted by Gasteiger charge is -2.19. The number of hydrogen-bond acceptors (Lipinski definition) is 2. The maximum absolute atomic E-state index is 13.6. The Hall–Kier alpha value is -1.81. The van der Waals surface area contributed by atoms with Gasteiger partial charge < -0.3 is 5.11 Å². The van der Waals surface area contributed by atoms with Crippen LogP contribution in [0.5, 0.6) is 0 Å². The van der Waals surface area contributed by atoms with Crippen LogP contribution in [0.3, 0.4) is 0 Å². The highest BCUT2D eigenvalue weighted by Crippen LogP contribution is 2.32. The fourth-order valence-electron chi connectivity index (χ4n) is 1.85. The van der Waals surface area contributed by atoms with E-state index in [1.807, 2.05) is 0 Å². The average Bonchev–Trinajstić information content (AvgIpc) is 2.38. The Kier molecular flexibility index (Phi) is 3.67. The van der Waals surface area contributed by atoms with E-state index in [9.17, 15) is 13.9 Å². The lowest BCUT2D eigenvalue weighted by molar-refractivity contribution is 0.141. The van der Waals surface area contributed by atoms with E-state index in [2.05, 4.69) is 4.98 Å². The standard InChI is InChI=1S/C14H13F2NO/c1-9(12-7-2-3-8-17-12)14(18)13-10(15)5-4-6-11(13)16/h2-9,14,18H,1H3. The van der Waals surface area contributed by atoms with Crippen LogP contribution in [-0.2, 0) is 0 Å². The molecule has 4 heteroatoms. The molecule has 2 nitrogen and oxygen atoms in total. The third-order valence-electron chi connectivity index (χ3n) is 2.92. The third kappa shape index (κ3) is 2.38. The van der Waals surface area contributed by atoms with Crippen molar-refractivity contribution >= 4 is 0 Å². The topological polar surface area (TPSA) is 33.1 Å². The lowest BCUT2D eigenvalue weighted by Crippen LogP contribution is -2.12. The Labute approximate surface area is 104 Å². The van der Waals surface area contributed by atoms with Crippen LogP contribution < -0.4 is 0 Å². The molecule has 1 aromatic carbocycles. The predicted molar refractivity (Wildman–Crippen MR) is 64.0 cm³/mol. The van der Waals surface area contributed by atoms with Crippen LogP contribution >= 0.6 is 0 Å². The molecule has 18 heavy (non-hydrogen) atoms. The Morgan fingerprint density at radius 1 is 1.06 bits per heavy atom. The molecule has 1 aromatic heterocycles. The molecular formula is C14H13F2NO. The molecule has 0 saturated carbocycles. The number of nitrogens with zero attached hydrogens (tertiary/aromatic N) is 1. The van der Waals surface area contributed by atoms with Crippen molar-refractivity contribution in [2.75, 3.05) is 0 Å². The van der Waals surface area contributed by atoms with Crippen molar-refractivity contribution in [1.29, 1.82) is 0 Å². The van der Waals surface area contributed by atoms with Gasteiger partial charge in [-0.25, -0.2) is 8.78 Å². The molecule has 0 saturated heterocycles. The number of pyridine rings is 1. The molecule has 0 spiro atoms. The largest absolute Gasteiger partial charge is 0.388 e. The van der Waals surface area contributed by atoms with Crippen molar-refractivity contribution in [2.24, 2.45) is 0 Å². The zero-order valence-electron chi connectivity index (χ0n) is 9.85. The van der Waals surface area contributed by atoms with Gasteiger partial charge in [0.1, 0.15) is 11.6 Å². The summed E-state index contributed by atoms with van der Waals surface area (Å²) in [4.78, 5) is 4.08. The maximum atomic E-state index is 13.6. The average molecular weight is 249 g/mol. The molecule has 1 heterocycles. The number of aliphatic hydroxyl groups excluding tert-OH is 1. The van der Waals surface area contributed by atoms with Crippen molar-refractivity contribution in [3.63, 3.8) is 0 Å². The van der Waals surface area contributed by atoms with Crippen LogP contribution in [0.15, 0.2) is 42.6 Å².